The number of hydrogen-bond acceptors (Lipinski definition) is 5. The molecule has 2 aromatic rings. The van der Waals surface area contributed by atoms with Crippen LogP contribution >= 0.6 is 12.4 Å². The third kappa shape index (κ3) is 5.74. The second-order valence-corrected chi connectivity index (χ2v) is 8.89. The summed E-state index contributed by atoms with van der Waals surface area (Å²) in [6.45, 7) is 4.10. The number of ether oxygens (including phenoxy) is 1. The van der Waals surface area contributed by atoms with E-state index in [0.29, 0.717) is 5.56 Å². The van der Waals surface area contributed by atoms with Crippen molar-refractivity contribution in [3.05, 3.63) is 47.5 Å². The highest BCUT2D eigenvalue weighted by molar-refractivity contribution is 7.92. The summed E-state index contributed by atoms with van der Waals surface area (Å²) in [4.78, 5) is 4.58. The Hall–Kier alpha value is -2.10. The Labute approximate surface area is 182 Å². The van der Waals surface area contributed by atoms with E-state index in [2.05, 4.69) is 26.3 Å². The van der Waals surface area contributed by atoms with Crippen molar-refractivity contribution in [3.63, 3.8) is 0 Å². The van der Waals surface area contributed by atoms with Crippen molar-refractivity contribution in [1.29, 1.82) is 0 Å². The third-order valence-electron chi connectivity index (χ3n) is 4.98. The van der Waals surface area contributed by atoms with Gasteiger partial charge >= 0.3 is 6.61 Å². The quantitative estimate of drug-likeness (QED) is 0.707. The second kappa shape index (κ2) is 9.80. The summed E-state index contributed by atoms with van der Waals surface area (Å²) in [5.41, 5.74) is 2.61. The Bertz CT molecular complexity index is 981. The van der Waals surface area contributed by atoms with Gasteiger partial charge in [0, 0.05) is 37.6 Å². The van der Waals surface area contributed by atoms with Gasteiger partial charge < -0.3 is 14.5 Å². The summed E-state index contributed by atoms with van der Waals surface area (Å²) in [6, 6.07) is 9.24. The minimum atomic E-state index is -3.83. The van der Waals surface area contributed by atoms with Crippen LogP contribution in [0, 0.1) is 13.8 Å². The molecule has 0 aliphatic carbocycles. The molecule has 1 N–H and O–H groups in total. The molecule has 166 valence electrons. The molecule has 0 saturated carbocycles. The molecule has 2 aromatic carbocycles. The van der Waals surface area contributed by atoms with Crippen LogP contribution in [0.5, 0.6) is 5.75 Å². The monoisotopic (exact) mass is 461 g/mol. The molecule has 0 atom stereocenters. The molecule has 0 spiro atoms. The number of piperazine rings is 1. The number of nitrogens with one attached hydrogen (secondary N) is 1. The first-order chi connectivity index (χ1) is 13.7. The summed E-state index contributed by atoms with van der Waals surface area (Å²) >= 11 is 0. The van der Waals surface area contributed by atoms with E-state index >= 15 is 0 Å². The van der Waals surface area contributed by atoms with Crippen LogP contribution in [0.1, 0.15) is 11.1 Å². The van der Waals surface area contributed by atoms with Gasteiger partial charge in [0.05, 0.1) is 4.90 Å². The highest BCUT2D eigenvalue weighted by Gasteiger charge is 2.21. The topological polar surface area (TPSA) is 61.9 Å². The molecule has 10 heteroatoms. The molecule has 30 heavy (non-hydrogen) atoms. The number of alkyl halides is 2. The van der Waals surface area contributed by atoms with Gasteiger partial charge in [-0.2, -0.15) is 8.78 Å². The molecule has 1 fully saturated rings. The summed E-state index contributed by atoms with van der Waals surface area (Å²) in [5, 5.41) is 0. The molecule has 1 heterocycles. The zero-order chi connectivity index (χ0) is 21.2. The summed E-state index contributed by atoms with van der Waals surface area (Å²) in [5.74, 6) is 0.00985. The SMILES string of the molecule is Cc1cc(NS(=O)(=O)c2ccc(C)c(N3CCN(C)CC3)c2)ccc1OC(F)F.Cl. The highest BCUT2D eigenvalue weighted by atomic mass is 35.5. The number of hydrogen-bond donors (Lipinski definition) is 1. The van der Waals surface area contributed by atoms with Gasteiger partial charge in [-0.1, -0.05) is 6.07 Å². The van der Waals surface area contributed by atoms with Gasteiger partial charge in [-0.3, -0.25) is 4.72 Å². The Morgan fingerprint density at radius 2 is 1.67 bits per heavy atom. The third-order valence-corrected chi connectivity index (χ3v) is 6.36. The van der Waals surface area contributed by atoms with Gasteiger partial charge in [-0.15, -0.1) is 12.4 Å². The van der Waals surface area contributed by atoms with E-state index in [1.807, 2.05) is 6.92 Å². The summed E-state index contributed by atoms with van der Waals surface area (Å²) in [6.07, 6.45) is 0. The first-order valence-electron chi connectivity index (χ1n) is 9.28. The molecule has 1 aliphatic rings. The van der Waals surface area contributed by atoms with Crippen LogP contribution in [0.2, 0.25) is 0 Å². The van der Waals surface area contributed by atoms with Crippen LogP contribution in [0.4, 0.5) is 20.2 Å². The molecule has 1 aliphatic heterocycles. The molecule has 3 rings (SSSR count). The fourth-order valence-electron chi connectivity index (χ4n) is 3.30. The van der Waals surface area contributed by atoms with E-state index < -0.39 is 16.6 Å². The molecular weight excluding hydrogens is 436 g/mol. The minimum absolute atomic E-state index is 0. The van der Waals surface area contributed by atoms with E-state index in [-0.39, 0.29) is 28.7 Å². The first kappa shape index (κ1) is 24.2. The summed E-state index contributed by atoms with van der Waals surface area (Å²) < 4.78 is 57.5. The number of rotatable bonds is 6. The van der Waals surface area contributed by atoms with Crippen LogP contribution in [0.15, 0.2) is 41.3 Å². The normalized spacial score (nSPS) is 15.1. The zero-order valence-electron chi connectivity index (χ0n) is 17.1. The van der Waals surface area contributed by atoms with Crippen LogP contribution in [0.3, 0.4) is 0 Å². The average molecular weight is 462 g/mol. The van der Waals surface area contributed by atoms with Crippen molar-refractivity contribution in [3.8, 4) is 5.75 Å². The van der Waals surface area contributed by atoms with Crippen LogP contribution in [0.25, 0.3) is 0 Å². The Morgan fingerprint density at radius 3 is 2.27 bits per heavy atom. The molecule has 0 aromatic heterocycles. The maximum atomic E-state index is 12.9. The van der Waals surface area contributed by atoms with Crippen molar-refractivity contribution in [1.82, 2.24) is 4.90 Å². The lowest BCUT2D eigenvalue weighted by Crippen LogP contribution is -2.44. The lowest BCUT2D eigenvalue weighted by molar-refractivity contribution is -0.0502. The van der Waals surface area contributed by atoms with E-state index in [9.17, 15) is 17.2 Å². The second-order valence-electron chi connectivity index (χ2n) is 7.20. The Kier molecular flexibility index (Phi) is 7.90. The van der Waals surface area contributed by atoms with Crippen LogP contribution in [-0.4, -0.2) is 53.2 Å². The van der Waals surface area contributed by atoms with Crippen molar-refractivity contribution in [2.75, 3.05) is 42.8 Å². The fraction of sp³-hybridized carbons (Fsp3) is 0.400. The molecule has 0 unspecified atom stereocenters. The largest absolute Gasteiger partial charge is 0.435 e. The lowest BCUT2D eigenvalue weighted by Gasteiger charge is -2.35. The van der Waals surface area contributed by atoms with Gasteiger partial charge in [0.1, 0.15) is 5.75 Å². The van der Waals surface area contributed by atoms with Gasteiger partial charge in [-0.05, 0) is 62.4 Å². The number of halogens is 3. The number of nitrogens with zero attached hydrogens (tertiary/aromatic N) is 2. The highest BCUT2D eigenvalue weighted by Crippen LogP contribution is 2.28. The number of benzene rings is 2. The lowest BCUT2D eigenvalue weighted by atomic mass is 10.1. The fourth-order valence-corrected chi connectivity index (χ4v) is 4.37. The number of likely N-dealkylation sites (N-methyl/N-ethyl adjacent to an activating group) is 1. The van der Waals surface area contributed by atoms with Crippen molar-refractivity contribution in [2.45, 2.75) is 25.4 Å². The maximum absolute atomic E-state index is 12.9. The van der Waals surface area contributed by atoms with E-state index in [4.69, 9.17) is 0 Å². The Balaban J connectivity index is 0.00000320. The molecule has 6 nitrogen and oxygen atoms in total. The van der Waals surface area contributed by atoms with Gasteiger partial charge in [0.25, 0.3) is 10.0 Å². The standard InChI is InChI=1S/C20H25F2N3O3S.ClH/c1-14-4-6-17(13-18(14)25-10-8-24(3)9-11-25)29(26,27)23-16-5-7-19(15(2)12-16)28-20(21)22;/h4-7,12-13,20,23H,8-11H2,1-3H3;1H. The number of sulfonamides is 1. The van der Waals surface area contributed by atoms with Gasteiger partial charge in [0.15, 0.2) is 0 Å². The molecule has 1 saturated heterocycles. The maximum Gasteiger partial charge on any atom is 0.387 e. The smallest absolute Gasteiger partial charge is 0.387 e. The van der Waals surface area contributed by atoms with Crippen LogP contribution in [-0.2, 0) is 10.0 Å². The van der Waals surface area contributed by atoms with E-state index in [1.165, 1.54) is 18.2 Å². The molecule has 0 amide bonds. The van der Waals surface area contributed by atoms with Gasteiger partial charge in [-0.25, -0.2) is 8.42 Å². The first-order valence-corrected chi connectivity index (χ1v) is 10.8. The van der Waals surface area contributed by atoms with E-state index in [1.54, 1.807) is 25.1 Å². The van der Waals surface area contributed by atoms with Crippen molar-refractivity contribution in [2.24, 2.45) is 0 Å². The average Bonchev–Trinajstić information content (AvgIpc) is 2.64. The predicted octanol–water partition coefficient (Wildman–Crippen LogP) is 3.88. The molecule has 0 radical (unpaired) electrons. The minimum Gasteiger partial charge on any atom is -0.435 e. The number of anilines is 2. The Morgan fingerprint density at radius 1 is 1.00 bits per heavy atom. The van der Waals surface area contributed by atoms with Crippen molar-refractivity contribution >= 4 is 33.8 Å². The zero-order valence-corrected chi connectivity index (χ0v) is 18.7. The van der Waals surface area contributed by atoms with Crippen LogP contribution < -0.4 is 14.4 Å². The molecule has 0 bridgehead atoms. The summed E-state index contributed by atoms with van der Waals surface area (Å²) in [7, 11) is -1.77. The van der Waals surface area contributed by atoms with E-state index in [0.717, 1.165) is 37.4 Å². The molecular formula is C20H26ClF2N3O3S. The van der Waals surface area contributed by atoms with Gasteiger partial charge in [0.2, 0.25) is 0 Å². The van der Waals surface area contributed by atoms with Crippen molar-refractivity contribution < 1.29 is 21.9 Å². The predicted molar refractivity (Wildman–Crippen MR) is 117 cm³/mol. The number of aryl methyl sites for hydroxylation is 2.